The molecular weight excluding hydrogens is 309 g/mol. The highest BCUT2D eigenvalue weighted by atomic mass is 35.5. The number of nitrogens with one attached hydrogen (secondary N) is 1. The van der Waals surface area contributed by atoms with Crippen LogP contribution in [-0.2, 0) is 4.74 Å². The first-order valence-electron chi connectivity index (χ1n) is 5.61. The van der Waals surface area contributed by atoms with Crippen LogP contribution in [0, 0.1) is 12.3 Å². The molecule has 0 aliphatic rings. The number of allylic oxidation sites excluding steroid dienone is 1. The highest BCUT2D eigenvalue weighted by molar-refractivity contribution is 6.46. The van der Waals surface area contributed by atoms with E-state index in [1.807, 2.05) is 0 Å². The lowest BCUT2D eigenvalue weighted by Gasteiger charge is -2.19. The van der Waals surface area contributed by atoms with Gasteiger partial charge in [-0.25, -0.2) is 0 Å². The minimum atomic E-state index is -3.01. The van der Waals surface area contributed by atoms with Crippen LogP contribution in [-0.4, -0.2) is 31.3 Å². The van der Waals surface area contributed by atoms with Gasteiger partial charge in [-0.1, -0.05) is 29.3 Å². The van der Waals surface area contributed by atoms with E-state index in [9.17, 15) is 8.78 Å². The predicted molar refractivity (Wildman–Crippen MR) is 76.7 cm³/mol. The van der Waals surface area contributed by atoms with Gasteiger partial charge in [0.05, 0.1) is 5.71 Å². The van der Waals surface area contributed by atoms with Crippen molar-refractivity contribution in [2.75, 3.05) is 14.1 Å². The Labute approximate surface area is 126 Å². The SMILES string of the molecule is Cc1cc(C(=N)/C(Cl)=C(/OC(F)F)N(C)C)ccc1Cl. The number of aryl methyl sites for hydroxylation is 1. The lowest BCUT2D eigenvalue weighted by atomic mass is 10.1. The molecule has 0 amide bonds. The minimum absolute atomic E-state index is 0.115. The number of hydrogen-bond donors (Lipinski definition) is 1. The molecule has 0 spiro atoms. The second kappa shape index (κ2) is 6.90. The number of benzene rings is 1. The van der Waals surface area contributed by atoms with E-state index in [1.54, 1.807) is 25.1 Å². The number of hydrogen-bond acceptors (Lipinski definition) is 3. The summed E-state index contributed by atoms with van der Waals surface area (Å²) in [6.45, 7) is -1.24. The van der Waals surface area contributed by atoms with Crippen molar-refractivity contribution in [3.05, 3.63) is 45.3 Å². The number of nitrogens with zero attached hydrogens (tertiary/aromatic N) is 1. The Morgan fingerprint density at radius 3 is 2.40 bits per heavy atom. The molecular formula is C13H14Cl2F2N2O. The molecule has 0 radical (unpaired) electrons. The van der Waals surface area contributed by atoms with Gasteiger partial charge in [0.1, 0.15) is 5.03 Å². The Morgan fingerprint density at radius 2 is 1.95 bits per heavy atom. The molecule has 0 saturated carbocycles. The molecule has 0 heterocycles. The minimum Gasteiger partial charge on any atom is -0.417 e. The first-order valence-corrected chi connectivity index (χ1v) is 6.37. The molecule has 0 aliphatic heterocycles. The summed E-state index contributed by atoms with van der Waals surface area (Å²) < 4.78 is 29.1. The zero-order valence-corrected chi connectivity index (χ0v) is 12.7. The zero-order chi connectivity index (χ0) is 15.4. The molecule has 20 heavy (non-hydrogen) atoms. The Bertz CT molecular complexity index is 545. The summed E-state index contributed by atoms with van der Waals surface area (Å²) in [5.41, 5.74) is 1.12. The van der Waals surface area contributed by atoms with Gasteiger partial charge in [0, 0.05) is 24.7 Å². The van der Waals surface area contributed by atoms with Crippen LogP contribution in [0.5, 0.6) is 0 Å². The van der Waals surface area contributed by atoms with Gasteiger partial charge in [0.2, 0.25) is 5.88 Å². The molecule has 0 unspecified atom stereocenters. The standard InChI is InChI=1S/C13H14Cl2F2N2O/c1-7-6-8(4-5-9(7)14)11(18)10(15)12(19(2)3)20-13(16)17/h4-6,13,18H,1-3H3/b12-10-,18-11?. The lowest BCUT2D eigenvalue weighted by molar-refractivity contribution is -0.113. The van der Waals surface area contributed by atoms with Crippen LogP contribution in [0.25, 0.3) is 0 Å². The molecule has 7 heteroatoms. The number of alkyl halides is 2. The fourth-order valence-corrected chi connectivity index (χ4v) is 1.91. The third-order valence-electron chi connectivity index (χ3n) is 2.46. The van der Waals surface area contributed by atoms with E-state index in [-0.39, 0.29) is 16.6 Å². The molecule has 3 nitrogen and oxygen atoms in total. The van der Waals surface area contributed by atoms with Crippen LogP contribution in [0.4, 0.5) is 8.78 Å². The van der Waals surface area contributed by atoms with E-state index < -0.39 is 6.61 Å². The van der Waals surface area contributed by atoms with Crippen molar-refractivity contribution in [1.29, 1.82) is 5.41 Å². The second-order valence-electron chi connectivity index (χ2n) is 4.23. The van der Waals surface area contributed by atoms with E-state index in [0.717, 1.165) is 5.56 Å². The van der Waals surface area contributed by atoms with Crippen molar-refractivity contribution in [3.63, 3.8) is 0 Å². The average Bonchev–Trinajstić information content (AvgIpc) is 2.37. The Balaban J connectivity index is 3.18. The molecule has 1 aromatic rings. The molecule has 0 saturated heterocycles. The first-order chi connectivity index (χ1) is 9.23. The first kappa shape index (κ1) is 16.7. The number of halogens is 4. The molecule has 0 aliphatic carbocycles. The van der Waals surface area contributed by atoms with E-state index in [1.165, 1.54) is 19.0 Å². The number of ether oxygens (including phenoxy) is 1. The summed E-state index contributed by atoms with van der Waals surface area (Å²) in [7, 11) is 3.00. The summed E-state index contributed by atoms with van der Waals surface area (Å²) >= 11 is 11.9. The van der Waals surface area contributed by atoms with E-state index in [0.29, 0.717) is 10.6 Å². The van der Waals surface area contributed by atoms with Crippen molar-refractivity contribution >= 4 is 28.9 Å². The Morgan fingerprint density at radius 1 is 1.35 bits per heavy atom. The number of rotatable bonds is 5. The van der Waals surface area contributed by atoms with Crippen LogP contribution in [0.3, 0.4) is 0 Å². The smallest absolute Gasteiger partial charge is 0.388 e. The topological polar surface area (TPSA) is 36.3 Å². The maximum Gasteiger partial charge on any atom is 0.388 e. The maximum absolute atomic E-state index is 12.4. The van der Waals surface area contributed by atoms with E-state index in [2.05, 4.69) is 4.74 Å². The van der Waals surface area contributed by atoms with E-state index >= 15 is 0 Å². The molecule has 0 fully saturated rings. The van der Waals surface area contributed by atoms with Crippen molar-refractivity contribution < 1.29 is 13.5 Å². The van der Waals surface area contributed by atoms with Gasteiger partial charge in [0.25, 0.3) is 0 Å². The molecule has 1 N–H and O–H groups in total. The van der Waals surface area contributed by atoms with E-state index in [4.69, 9.17) is 28.6 Å². The van der Waals surface area contributed by atoms with Crippen LogP contribution in [0.15, 0.2) is 29.1 Å². The molecule has 110 valence electrons. The summed E-state index contributed by atoms with van der Waals surface area (Å²) in [4.78, 5) is 1.28. The normalized spacial score (nSPS) is 12.2. The van der Waals surface area contributed by atoms with Gasteiger partial charge < -0.3 is 9.64 Å². The molecule has 1 rings (SSSR count). The van der Waals surface area contributed by atoms with Crippen LogP contribution >= 0.6 is 23.2 Å². The lowest BCUT2D eigenvalue weighted by Crippen LogP contribution is -2.20. The predicted octanol–water partition coefficient (Wildman–Crippen LogP) is 4.22. The Kier molecular flexibility index (Phi) is 5.77. The fraction of sp³-hybridized carbons (Fsp3) is 0.308. The third kappa shape index (κ3) is 4.08. The highest BCUT2D eigenvalue weighted by Gasteiger charge is 2.19. The van der Waals surface area contributed by atoms with Crippen molar-refractivity contribution in [2.24, 2.45) is 0 Å². The zero-order valence-electron chi connectivity index (χ0n) is 11.2. The second-order valence-corrected chi connectivity index (χ2v) is 5.02. The molecule has 0 atom stereocenters. The maximum atomic E-state index is 12.4. The van der Waals surface area contributed by atoms with Crippen molar-refractivity contribution in [2.45, 2.75) is 13.5 Å². The van der Waals surface area contributed by atoms with Gasteiger partial charge in [-0.15, -0.1) is 0 Å². The fourth-order valence-electron chi connectivity index (χ4n) is 1.47. The van der Waals surface area contributed by atoms with Crippen molar-refractivity contribution in [3.8, 4) is 0 Å². The highest BCUT2D eigenvalue weighted by Crippen LogP contribution is 2.23. The largest absolute Gasteiger partial charge is 0.417 e. The average molecular weight is 323 g/mol. The summed E-state index contributed by atoms with van der Waals surface area (Å²) in [5.74, 6) is -0.265. The van der Waals surface area contributed by atoms with Gasteiger partial charge >= 0.3 is 6.61 Å². The van der Waals surface area contributed by atoms with Gasteiger partial charge in [-0.2, -0.15) is 8.78 Å². The third-order valence-corrected chi connectivity index (χ3v) is 3.24. The Hall–Kier alpha value is -1.33. The summed E-state index contributed by atoms with van der Waals surface area (Å²) in [5, 5.41) is 8.34. The quantitative estimate of drug-likeness (QED) is 0.650. The molecule has 0 bridgehead atoms. The van der Waals surface area contributed by atoms with Gasteiger partial charge in [0.15, 0.2) is 0 Å². The van der Waals surface area contributed by atoms with Crippen LogP contribution in [0.1, 0.15) is 11.1 Å². The van der Waals surface area contributed by atoms with Crippen molar-refractivity contribution in [1.82, 2.24) is 4.90 Å². The van der Waals surface area contributed by atoms with Gasteiger partial charge in [-0.05, 0) is 24.6 Å². The molecule has 1 aromatic carbocycles. The van der Waals surface area contributed by atoms with Crippen LogP contribution < -0.4 is 0 Å². The molecule has 0 aromatic heterocycles. The summed E-state index contributed by atoms with van der Waals surface area (Å²) in [6, 6.07) is 4.87. The summed E-state index contributed by atoms with van der Waals surface area (Å²) in [6.07, 6.45) is 0. The monoisotopic (exact) mass is 322 g/mol. The van der Waals surface area contributed by atoms with Crippen LogP contribution in [0.2, 0.25) is 5.02 Å². The van der Waals surface area contributed by atoms with Gasteiger partial charge in [-0.3, -0.25) is 5.41 Å².